The topological polar surface area (TPSA) is 0 Å². The highest BCUT2D eigenvalue weighted by Crippen LogP contribution is 2.43. The van der Waals surface area contributed by atoms with Gasteiger partial charge in [0.1, 0.15) is 0 Å². The van der Waals surface area contributed by atoms with E-state index in [1.165, 1.54) is 38.5 Å². The molecule has 118 valence electrons. The normalized spacial score (nSPS) is 35.1. The van der Waals surface area contributed by atoms with Crippen LogP contribution in [0.3, 0.4) is 0 Å². The lowest BCUT2D eigenvalue weighted by Crippen LogP contribution is -2.25. The van der Waals surface area contributed by atoms with Crippen LogP contribution in [0.1, 0.15) is 104 Å². The van der Waals surface area contributed by atoms with Gasteiger partial charge in [0.25, 0.3) is 0 Å². The minimum atomic E-state index is 1.09. The first-order valence-electron chi connectivity index (χ1n) is 9.83. The molecular formula is C20H38. The minimum Gasteiger partial charge on any atom is -0.0654 e. The smallest absolute Gasteiger partial charge is 0.0386 e. The van der Waals surface area contributed by atoms with E-state index in [1.54, 1.807) is 51.4 Å². The van der Waals surface area contributed by atoms with Gasteiger partial charge in [-0.3, -0.25) is 0 Å². The van der Waals surface area contributed by atoms with Crippen LogP contribution in [-0.2, 0) is 0 Å². The summed E-state index contributed by atoms with van der Waals surface area (Å²) in [6.07, 6.45) is 21.3. The Balaban J connectivity index is 1.63. The fourth-order valence-corrected chi connectivity index (χ4v) is 4.88. The van der Waals surface area contributed by atoms with E-state index in [1.807, 2.05) is 0 Å². The van der Waals surface area contributed by atoms with E-state index >= 15 is 0 Å². The van der Waals surface area contributed by atoms with Gasteiger partial charge in [-0.1, -0.05) is 78.1 Å². The lowest BCUT2D eigenvalue weighted by atomic mass is 9.68. The van der Waals surface area contributed by atoms with Crippen molar-refractivity contribution in [2.24, 2.45) is 23.7 Å². The minimum absolute atomic E-state index is 1.09. The van der Waals surface area contributed by atoms with Crippen molar-refractivity contribution in [3.8, 4) is 0 Å². The summed E-state index contributed by atoms with van der Waals surface area (Å²) in [6.45, 7) is 4.67. The molecule has 0 N–H and O–H groups in total. The first-order valence-corrected chi connectivity index (χ1v) is 9.83. The maximum Gasteiger partial charge on any atom is -0.0386 e. The van der Waals surface area contributed by atoms with Crippen LogP contribution in [0.25, 0.3) is 0 Å². The Morgan fingerprint density at radius 2 is 0.900 bits per heavy atom. The Labute approximate surface area is 128 Å². The molecule has 0 unspecified atom stereocenters. The van der Waals surface area contributed by atoms with E-state index in [4.69, 9.17) is 0 Å². The van der Waals surface area contributed by atoms with E-state index in [2.05, 4.69) is 13.8 Å². The maximum atomic E-state index is 2.34. The summed E-state index contributed by atoms with van der Waals surface area (Å²) in [5.41, 5.74) is 0. The van der Waals surface area contributed by atoms with Crippen LogP contribution in [0, 0.1) is 23.7 Å². The number of hydrogen-bond acceptors (Lipinski definition) is 0. The van der Waals surface area contributed by atoms with Crippen molar-refractivity contribution < 1.29 is 0 Å². The summed E-state index contributed by atoms with van der Waals surface area (Å²) in [4.78, 5) is 0. The standard InChI is InChI=1S/C20H38/c1-3-5-7-17-9-13-19(14-10-17)20-15-11-18(12-16-20)8-6-4-2/h17-20H,3-16H2,1-2H3/t17-,18-,19-,20-. The van der Waals surface area contributed by atoms with Crippen LogP contribution in [-0.4, -0.2) is 0 Å². The van der Waals surface area contributed by atoms with Gasteiger partial charge in [0.05, 0.1) is 0 Å². The van der Waals surface area contributed by atoms with Gasteiger partial charge in [-0.2, -0.15) is 0 Å². The average Bonchev–Trinajstić information content (AvgIpc) is 2.52. The molecule has 0 spiro atoms. The summed E-state index contributed by atoms with van der Waals surface area (Å²) in [7, 11) is 0. The number of hydrogen-bond donors (Lipinski definition) is 0. The molecular weight excluding hydrogens is 240 g/mol. The van der Waals surface area contributed by atoms with E-state index in [0.29, 0.717) is 0 Å². The summed E-state index contributed by atoms with van der Waals surface area (Å²) in [5, 5.41) is 0. The number of rotatable bonds is 7. The zero-order valence-electron chi connectivity index (χ0n) is 14.2. The largest absolute Gasteiger partial charge is 0.0654 e. The monoisotopic (exact) mass is 278 g/mol. The molecule has 2 aliphatic rings. The van der Waals surface area contributed by atoms with Gasteiger partial charge in [0, 0.05) is 0 Å². The second-order valence-corrected chi connectivity index (χ2v) is 7.85. The quantitative estimate of drug-likeness (QED) is 0.471. The van der Waals surface area contributed by atoms with Crippen molar-refractivity contribution in [1.29, 1.82) is 0 Å². The molecule has 20 heavy (non-hydrogen) atoms. The van der Waals surface area contributed by atoms with Crippen molar-refractivity contribution >= 4 is 0 Å². The predicted molar refractivity (Wildman–Crippen MR) is 89.9 cm³/mol. The second-order valence-electron chi connectivity index (χ2n) is 7.85. The Kier molecular flexibility index (Phi) is 7.45. The van der Waals surface area contributed by atoms with Crippen molar-refractivity contribution in [2.75, 3.05) is 0 Å². The highest BCUT2D eigenvalue weighted by atomic mass is 14.4. The van der Waals surface area contributed by atoms with Gasteiger partial charge < -0.3 is 0 Å². The SMILES string of the molecule is CCCC[C@H]1CC[C@H]([C@H]2CC[C@H](CCCC)CC2)CC1. The Morgan fingerprint density at radius 1 is 0.550 bits per heavy atom. The molecule has 0 bridgehead atoms. The van der Waals surface area contributed by atoms with Gasteiger partial charge in [0.2, 0.25) is 0 Å². The lowest BCUT2D eigenvalue weighted by Gasteiger charge is -2.38. The predicted octanol–water partition coefficient (Wildman–Crippen LogP) is 6.98. The Morgan fingerprint density at radius 3 is 1.20 bits per heavy atom. The van der Waals surface area contributed by atoms with E-state index in [0.717, 1.165) is 23.7 Å². The summed E-state index contributed by atoms with van der Waals surface area (Å²) in [5.74, 6) is 4.40. The van der Waals surface area contributed by atoms with Crippen molar-refractivity contribution in [1.82, 2.24) is 0 Å². The van der Waals surface area contributed by atoms with E-state index in [9.17, 15) is 0 Å². The summed E-state index contributed by atoms with van der Waals surface area (Å²) in [6, 6.07) is 0. The van der Waals surface area contributed by atoms with E-state index in [-0.39, 0.29) is 0 Å². The summed E-state index contributed by atoms with van der Waals surface area (Å²) < 4.78 is 0. The molecule has 0 aromatic carbocycles. The Bertz CT molecular complexity index is 202. The van der Waals surface area contributed by atoms with Gasteiger partial charge >= 0.3 is 0 Å². The molecule has 0 atom stereocenters. The van der Waals surface area contributed by atoms with Crippen LogP contribution in [0.4, 0.5) is 0 Å². The molecule has 0 nitrogen and oxygen atoms in total. The molecule has 0 saturated heterocycles. The molecule has 2 rings (SSSR count). The van der Waals surface area contributed by atoms with Crippen LogP contribution in [0.2, 0.25) is 0 Å². The lowest BCUT2D eigenvalue weighted by molar-refractivity contribution is 0.140. The van der Waals surface area contributed by atoms with Crippen LogP contribution >= 0.6 is 0 Å². The molecule has 0 radical (unpaired) electrons. The maximum absolute atomic E-state index is 2.34. The molecule has 2 fully saturated rings. The highest BCUT2D eigenvalue weighted by molar-refractivity contribution is 4.82. The van der Waals surface area contributed by atoms with Gasteiger partial charge in [-0.05, 0) is 49.4 Å². The fraction of sp³-hybridized carbons (Fsp3) is 1.00. The average molecular weight is 279 g/mol. The third-order valence-electron chi connectivity index (χ3n) is 6.38. The molecule has 2 saturated carbocycles. The van der Waals surface area contributed by atoms with E-state index < -0.39 is 0 Å². The van der Waals surface area contributed by atoms with Gasteiger partial charge in [-0.25, -0.2) is 0 Å². The summed E-state index contributed by atoms with van der Waals surface area (Å²) >= 11 is 0. The van der Waals surface area contributed by atoms with Gasteiger partial charge in [0.15, 0.2) is 0 Å². The van der Waals surface area contributed by atoms with Crippen molar-refractivity contribution in [3.05, 3.63) is 0 Å². The molecule has 0 aliphatic heterocycles. The van der Waals surface area contributed by atoms with Crippen molar-refractivity contribution in [2.45, 2.75) is 104 Å². The Hall–Kier alpha value is 0. The zero-order valence-corrected chi connectivity index (χ0v) is 14.2. The molecule has 2 aliphatic carbocycles. The van der Waals surface area contributed by atoms with Crippen molar-refractivity contribution in [3.63, 3.8) is 0 Å². The molecule has 0 aromatic rings. The molecule has 0 amide bonds. The fourth-order valence-electron chi connectivity index (χ4n) is 4.88. The second kappa shape index (κ2) is 9.11. The van der Waals surface area contributed by atoms with Crippen LogP contribution < -0.4 is 0 Å². The van der Waals surface area contributed by atoms with Crippen LogP contribution in [0.5, 0.6) is 0 Å². The molecule has 0 heterocycles. The third-order valence-corrected chi connectivity index (χ3v) is 6.38. The third kappa shape index (κ3) is 5.08. The van der Waals surface area contributed by atoms with Crippen LogP contribution in [0.15, 0.2) is 0 Å². The first kappa shape index (κ1) is 16.4. The molecule has 0 aromatic heterocycles. The highest BCUT2D eigenvalue weighted by Gasteiger charge is 2.30. The number of unbranched alkanes of at least 4 members (excludes halogenated alkanes) is 2. The first-order chi connectivity index (χ1) is 9.83. The van der Waals surface area contributed by atoms with Gasteiger partial charge in [-0.15, -0.1) is 0 Å². The zero-order chi connectivity index (χ0) is 14.2. The molecule has 0 heteroatoms.